The molecular formula is C14H16Cl3N3O. The minimum absolute atomic E-state index is 0. The number of benzene rings is 1. The standard InChI is InChI=1S/C14H15Cl2N3O.ClH/c1-9(17-2)8-13-18-14(20-19-13)7-6-10-11(15)4-3-5-12(10)16;/h3-7,9,17H,8H2,1-2H3;1H/b7-6+;. The molecule has 1 aromatic carbocycles. The summed E-state index contributed by atoms with van der Waals surface area (Å²) in [5, 5.41) is 8.20. The molecule has 0 radical (unpaired) electrons. The van der Waals surface area contributed by atoms with Crippen molar-refractivity contribution in [1.29, 1.82) is 0 Å². The molecule has 21 heavy (non-hydrogen) atoms. The van der Waals surface area contributed by atoms with E-state index in [2.05, 4.69) is 22.4 Å². The highest BCUT2D eigenvalue weighted by molar-refractivity contribution is 6.37. The van der Waals surface area contributed by atoms with Gasteiger partial charge in [0.1, 0.15) is 0 Å². The number of nitrogens with zero attached hydrogens (tertiary/aromatic N) is 2. The minimum atomic E-state index is 0. The van der Waals surface area contributed by atoms with Crippen LogP contribution < -0.4 is 5.32 Å². The number of likely N-dealkylation sites (N-methyl/N-ethyl adjacent to an activating group) is 1. The van der Waals surface area contributed by atoms with Crippen LogP contribution in [0.3, 0.4) is 0 Å². The molecule has 0 aliphatic rings. The summed E-state index contributed by atoms with van der Waals surface area (Å²) in [7, 11) is 1.89. The largest absolute Gasteiger partial charge is 0.335 e. The van der Waals surface area contributed by atoms with Crippen LogP contribution in [0.5, 0.6) is 0 Å². The Labute approximate surface area is 139 Å². The molecule has 1 aromatic heterocycles. The summed E-state index contributed by atoms with van der Waals surface area (Å²) >= 11 is 12.2. The molecule has 0 aliphatic carbocycles. The number of halogens is 3. The molecule has 2 rings (SSSR count). The topological polar surface area (TPSA) is 51.0 Å². The highest BCUT2D eigenvalue weighted by Crippen LogP contribution is 2.26. The van der Waals surface area contributed by atoms with Gasteiger partial charge in [-0.3, -0.25) is 0 Å². The van der Waals surface area contributed by atoms with E-state index in [0.717, 1.165) is 5.56 Å². The number of hydrogen-bond donors (Lipinski definition) is 1. The van der Waals surface area contributed by atoms with Gasteiger partial charge in [0.25, 0.3) is 5.89 Å². The van der Waals surface area contributed by atoms with E-state index >= 15 is 0 Å². The number of nitrogens with one attached hydrogen (secondary N) is 1. The summed E-state index contributed by atoms with van der Waals surface area (Å²) in [6.45, 7) is 2.05. The minimum Gasteiger partial charge on any atom is -0.335 e. The average Bonchev–Trinajstić information content (AvgIpc) is 2.85. The second-order valence-electron chi connectivity index (χ2n) is 4.41. The molecule has 0 saturated carbocycles. The molecular weight excluding hydrogens is 333 g/mol. The van der Waals surface area contributed by atoms with Crippen molar-refractivity contribution in [3.8, 4) is 0 Å². The highest BCUT2D eigenvalue weighted by atomic mass is 35.5. The third-order valence-electron chi connectivity index (χ3n) is 2.86. The lowest BCUT2D eigenvalue weighted by Crippen LogP contribution is -2.24. The summed E-state index contributed by atoms with van der Waals surface area (Å²) in [6.07, 6.45) is 4.18. The van der Waals surface area contributed by atoms with E-state index in [4.69, 9.17) is 27.7 Å². The third-order valence-corrected chi connectivity index (χ3v) is 3.52. The molecule has 114 valence electrons. The van der Waals surface area contributed by atoms with Gasteiger partial charge < -0.3 is 9.84 Å². The van der Waals surface area contributed by atoms with Crippen LogP contribution in [-0.4, -0.2) is 23.2 Å². The number of aromatic nitrogens is 2. The van der Waals surface area contributed by atoms with Crippen molar-refractivity contribution >= 4 is 47.8 Å². The van der Waals surface area contributed by atoms with E-state index in [1.165, 1.54) is 0 Å². The average molecular weight is 349 g/mol. The van der Waals surface area contributed by atoms with E-state index in [-0.39, 0.29) is 12.4 Å². The third kappa shape index (κ3) is 5.00. The van der Waals surface area contributed by atoms with E-state index in [1.807, 2.05) is 7.05 Å². The summed E-state index contributed by atoms with van der Waals surface area (Å²) in [5.74, 6) is 1.09. The van der Waals surface area contributed by atoms with Crippen LogP contribution in [0.1, 0.15) is 24.2 Å². The predicted molar refractivity (Wildman–Crippen MR) is 89.2 cm³/mol. The van der Waals surface area contributed by atoms with E-state index in [9.17, 15) is 0 Å². The molecule has 1 N–H and O–H groups in total. The Morgan fingerprint density at radius 2 is 1.95 bits per heavy atom. The van der Waals surface area contributed by atoms with Crippen molar-refractivity contribution in [2.24, 2.45) is 0 Å². The predicted octanol–water partition coefficient (Wildman–Crippen LogP) is 4.12. The normalized spacial score (nSPS) is 12.4. The zero-order valence-electron chi connectivity index (χ0n) is 11.6. The van der Waals surface area contributed by atoms with Crippen molar-refractivity contribution in [2.45, 2.75) is 19.4 Å². The molecule has 2 aromatic rings. The van der Waals surface area contributed by atoms with Crippen LogP contribution in [0, 0.1) is 0 Å². The van der Waals surface area contributed by atoms with Crippen molar-refractivity contribution in [1.82, 2.24) is 15.5 Å². The van der Waals surface area contributed by atoms with Gasteiger partial charge in [0.05, 0.1) is 0 Å². The van der Waals surface area contributed by atoms with Gasteiger partial charge in [-0.25, -0.2) is 0 Å². The van der Waals surface area contributed by atoms with Gasteiger partial charge in [0.2, 0.25) is 0 Å². The van der Waals surface area contributed by atoms with Crippen LogP contribution >= 0.6 is 35.6 Å². The molecule has 1 atom stereocenters. The fraction of sp³-hybridized carbons (Fsp3) is 0.286. The molecule has 1 unspecified atom stereocenters. The van der Waals surface area contributed by atoms with Crippen molar-refractivity contribution in [3.05, 3.63) is 45.5 Å². The molecule has 0 spiro atoms. The summed E-state index contributed by atoms with van der Waals surface area (Å²) < 4.78 is 5.15. The number of hydrogen-bond acceptors (Lipinski definition) is 4. The highest BCUT2D eigenvalue weighted by Gasteiger charge is 2.08. The monoisotopic (exact) mass is 347 g/mol. The summed E-state index contributed by atoms with van der Waals surface area (Å²) in [4.78, 5) is 4.28. The maximum absolute atomic E-state index is 6.08. The summed E-state index contributed by atoms with van der Waals surface area (Å²) in [6, 6.07) is 5.65. The number of rotatable bonds is 5. The van der Waals surface area contributed by atoms with Gasteiger partial charge in [0, 0.05) is 34.1 Å². The first-order chi connectivity index (χ1) is 9.60. The van der Waals surface area contributed by atoms with Gasteiger partial charge in [0.15, 0.2) is 5.82 Å². The van der Waals surface area contributed by atoms with Crippen molar-refractivity contribution in [2.75, 3.05) is 7.05 Å². The molecule has 1 heterocycles. The maximum atomic E-state index is 6.08. The quantitative estimate of drug-likeness (QED) is 0.883. The van der Waals surface area contributed by atoms with Crippen LogP contribution in [0.4, 0.5) is 0 Å². The maximum Gasteiger partial charge on any atom is 0.250 e. The van der Waals surface area contributed by atoms with Gasteiger partial charge in [-0.05, 0) is 32.2 Å². The van der Waals surface area contributed by atoms with Crippen LogP contribution in [0.25, 0.3) is 12.2 Å². The van der Waals surface area contributed by atoms with Crippen LogP contribution in [0.2, 0.25) is 10.0 Å². The van der Waals surface area contributed by atoms with Gasteiger partial charge in [-0.1, -0.05) is 34.4 Å². The lowest BCUT2D eigenvalue weighted by Gasteiger charge is -2.04. The Morgan fingerprint density at radius 3 is 2.57 bits per heavy atom. The molecule has 0 saturated heterocycles. The van der Waals surface area contributed by atoms with Gasteiger partial charge in [-0.2, -0.15) is 4.98 Å². The molecule has 0 aliphatic heterocycles. The first kappa shape index (κ1) is 18.0. The van der Waals surface area contributed by atoms with Crippen molar-refractivity contribution < 1.29 is 4.52 Å². The fourth-order valence-electron chi connectivity index (χ4n) is 1.62. The lowest BCUT2D eigenvalue weighted by molar-refractivity contribution is 0.400. The second-order valence-corrected chi connectivity index (χ2v) is 5.23. The molecule has 7 heteroatoms. The molecule has 0 bridgehead atoms. The Kier molecular flexibility index (Phi) is 7.18. The van der Waals surface area contributed by atoms with Crippen LogP contribution in [-0.2, 0) is 6.42 Å². The fourth-order valence-corrected chi connectivity index (χ4v) is 2.14. The Hall–Kier alpha value is -1.07. The zero-order chi connectivity index (χ0) is 14.5. The van der Waals surface area contributed by atoms with E-state index < -0.39 is 0 Å². The smallest absolute Gasteiger partial charge is 0.250 e. The molecule has 0 fully saturated rings. The Bertz CT molecular complexity index is 593. The Balaban J connectivity index is 0.00000220. The van der Waals surface area contributed by atoms with E-state index in [0.29, 0.717) is 34.2 Å². The van der Waals surface area contributed by atoms with Crippen molar-refractivity contribution in [3.63, 3.8) is 0 Å². The molecule has 4 nitrogen and oxygen atoms in total. The van der Waals surface area contributed by atoms with Crippen LogP contribution in [0.15, 0.2) is 22.7 Å². The van der Waals surface area contributed by atoms with E-state index in [1.54, 1.807) is 30.4 Å². The zero-order valence-corrected chi connectivity index (χ0v) is 14.0. The SMILES string of the molecule is CNC(C)Cc1noc(/C=C/c2c(Cl)cccc2Cl)n1.Cl. The van der Waals surface area contributed by atoms with Gasteiger partial charge in [-0.15, -0.1) is 12.4 Å². The second kappa shape index (κ2) is 8.39. The molecule has 0 amide bonds. The lowest BCUT2D eigenvalue weighted by atomic mass is 10.2. The Morgan fingerprint density at radius 1 is 1.29 bits per heavy atom. The van der Waals surface area contributed by atoms with Gasteiger partial charge >= 0.3 is 0 Å². The first-order valence-electron chi connectivity index (χ1n) is 6.22. The first-order valence-corrected chi connectivity index (χ1v) is 6.97. The summed E-state index contributed by atoms with van der Waals surface area (Å²) in [5.41, 5.74) is 0.735.